The van der Waals surface area contributed by atoms with Crippen molar-refractivity contribution in [1.82, 2.24) is 9.80 Å². The van der Waals surface area contributed by atoms with E-state index < -0.39 is 30.6 Å². The van der Waals surface area contributed by atoms with Crippen LogP contribution in [-0.2, 0) is 9.53 Å². The average molecular weight is 280 g/mol. The van der Waals surface area contributed by atoms with Gasteiger partial charge in [0.25, 0.3) is 0 Å². The second-order valence-corrected chi connectivity index (χ2v) is 4.66. The molecule has 0 N–H and O–H groups in total. The van der Waals surface area contributed by atoms with Crippen LogP contribution in [0.2, 0.25) is 0 Å². The molecule has 2 aliphatic rings. The van der Waals surface area contributed by atoms with Crippen molar-refractivity contribution in [3.05, 3.63) is 0 Å². The van der Waals surface area contributed by atoms with Crippen LogP contribution in [0.4, 0.5) is 18.0 Å². The third-order valence-corrected chi connectivity index (χ3v) is 3.39. The molecule has 8 heteroatoms. The third kappa shape index (κ3) is 3.17. The molecule has 2 rings (SSSR count). The Balaban J connectivity index is 2.03. The summed E-state index contributed by atoms with van der Waals surface area (Å²) in [5.74, 6) is -0.822. The summed E-state index contributed by atoms with van der Waals surface area (Å²) in [6.45, 7) is 0.747. The van der Waals surface area contributed by atoms with Crippen LogP contribution in [0, 0.1) is 0 Å². The van der Waals surface area contributed by atoms with Crippen LogP contribution in [0.25, 0.3) is 0 Å². The lowest BCUT2D eigenvalue weighted by atomic mass is 10.1. The van der Waals surface area contributed by atoms with E-state index in [1.807, 2.05) is 0 Å². The summed E-state index contributed by atoms with van der Waals surface area (Å²) in [5.41, 5.74) is 0. The maximum absolute atomic E-state index is 13.0. The molecular formula is C11H15F3N2O3. The Hall–Kier alpha value is -1.31. The summed E-state index contributed by atoms with van der Waals surface area (Å²) in [5, 5.41) is 0. The summed E-state index contributed by atoms with van der Waals surface area (Å²) in [7, 11) is 0. The number of halogens is 3. The predicted octanol–water partition coefficient (Wildman–Crippen LogP) is 1.38. The monoisotopic (exact) mass is 280 g/mol. The molecule has 2 heterocycles. The molecule has 2 fully saturated rings. The number of alkyl halides is 3. The van der Waals surface area contributed by atoms with E-state index in [0.717, 1.165) is 4.90 Å². The molecule has 0 bridgehead atoms. The Kier molecular flexibility index (Phi) is 3.98. The first-order chi connectivity index (χ1) is 8.89. The van der Waals surface area contributed by atoms with Crippen molar-refractivity contribution in [2.24, 2.45) is 0 Å². The van der Waals surface area contributed by atoms with Gasteiger partial charge >= 0.3 is 12.3 Å². The molecule has 19 heavy (non-hydrogen) atoms. The van der Waals surface area contributed by atoms with Gasteiger partial charge in [-0.1, -0.05) is 0 Å². The quantitative estimate of drug-likeness (QED) is 0.783. The first-order valence-electron chi connectivity index (χ1n) is 6.17. The molecule has 108 valence electrons. The highest BCUT2D eigenvalue weighted by molar-refractivity contribution is 5.93. The van der Waals surface area contributed by atoms with Gasteiger partial charge in [-0.05, 0) is 25.9 Å². The first-order valence-corrected chi connectivity index (χ1v) is 6.17. The number of cyclic esters (lactones) is 1. The molecule has 0 aromatic heterocycles. The predicted molar refractivity (Wildman–Crippen MR) is 58.3 cm³/mol. The number of rotatable bonds is 3. The van der Waals surface area contributed by atoms with Crippen LogP contribution in [-0.4, -0.2) is 60.3 Å². The second kappa shape index (κ2) is 5.36. The summed E-state index contributed by atoms with van der Waals surface area (Å²) in [4.78, 5) is 24.9. The fraction of sp³-hybridized carbons (Fsp3) is 0.818. The Morgan fingerprint density at radius 3 is 2.37 bits per heavy atom. The number of amides is 2. The number of hydrogen-bond donors (Lipinski definition) is 0. The van der Waals surface area contributed by atoms with Gasteiger partial charge in [0.2, 0.25) is 5.91 Å². The smallest absolute Gasteiger partial charge is 0.416 e. The van der Waals surface area contributed by atoms with Gasteiger partial charge in [0.1, 0.15) is 12.6 Å². The highest BCUT2D eigenvalue weighted by atomic mass is 19.4. The number of hydrogen-bond acceptors (Lipinski definition) is 4. The number of carbonyl (C=O) groups excluding carboxylic acids is 2. The van der Waals surface area contributed by atoms with Crippen LogP contribution < -0.4 is 0 Å². The lowest BCUT2D eigenvalue weighted by molar-refractivity contribution is -0.186. The van der Waals surface area contributed by atoms with Gasteiger partial charge < -0.3 is 4.74 Å². The highest BCUT2D eigenvalue weighted by Crippen LogP contribution is 2.30. The Morgan fingerprint density at radius 1 is 1.26 bits per heavy atom. The van der Waals surface area contributed by atoms with Crippen LogP contribution >= 0.6 is 0 Å². The summed E-state index contributed by atoms with van der Waals surface area (Å²) in [6, 6.07) is -1.81. The minimum absolute atomic E-state index is 0.0300. The lowest BCUT2D eigenvalue weighted by Crippen LogP contribution is -2.48. The SMILES string of the molecule is O=C(CC(N1CCCC1)C(F)(F)F)N1CCOC1=O. The van der Waals surface area contributed by atoms with E-state index in [2.05, 4.69) is 4.74 Å². The molecule has 2 amide bonds. The van der Waals surface area contributed by atoms with E-state index in [0.29, 0.717) is 25.9 Å². The van der Waals surface area contributed by atoms with Gasteiger partial charge in [0.15, 0.2) is 0 Å². The molecule has 0 saturated carbocycles. The molecule has 2 aliphatic heterocycles. The summed E-state index contributed by atoms with van der Waals surface area (Å²) in [6.07, 6.45) is -4.64. The van der Waals surface area contributed by atoms with Crippen molar-refractivity contribution >= 4 is 12.0 Å². The van der Waals surface area contributed by atoms with Crippen LogP contribution in [0.5, 0.6) is 0 Å². The Morgan fingerprint density at radius 2 is 1.89 bits per heavy atom. The number of ether oxygens (including phenoxy) is 1. The zero-order valence-electron chi connectivity index (χ0n) is 10.3. The number of likely N-dealkylation sites (tertiary alicyclic amines) is 1. The fourth-order valence-corrected chi connectivity index (χ4v) is 2.40. The highest BCUT2D eigenvalue weighted by Gasteiger charge is 2.46. The minimum Gasteiger partial charge on any atom is -0.447 e. The van der Waals surface area contributed by atoms with E-state index in [4.69, 9.17) is 0 Å². The van der Waals surface area contributed by atoms with Crippen molar-refractivity contribution in [3.63, 3.8) is 0 Å². The number of nitrogens with zero attached hydrogens (tertiary/aromatic N) is 2. The van der Waals surface area contributed by atoms with Gasteiger partial charge in [0.05, 0.1) is 13.0 Å². The molecule has 0 aliphatic carbocycles. The molecule has 1 unspecified atom stereocenters. The summed E-state index contributed by atoms with van der Waals surface area (Å²) >= 11 is 0. The number of imide groups is 1. The van der Waals surface area contributed by atoms with Crippen molar-refractivity contribution < 1.29 is 27.5 Å². The molecule has 0 aromatic carbocycles. The van der Waals surface area contributed by atoms with Gasteiger partial charge in [-0.3, -0.25) is 9.69 Å². The van der Waals surface area contributed by atoms with E-state index >= 15 is 0 Å². The fourth-order valence-electron chi connectivity index (χ4n) is 2.40. The van der Waals surface area contributed by atoms with Crippen molar-refractivity contribution in [2.45, 2.75) is 31.5 Å². The van der Waals surface area contributed by atoms with Crippen LogP contribution in [0.15, 0.2) is 0 Å². The van der Waals surface area contributed by atoms with E-state index in [9.17, 15) is 22.8 Å². The van der Waals surface area contributed by atoms with Crippen molar-refractivity contribution in [1.29, 1.82) is 0 Å². The second-order valence-electron chi connectivity index (χ2n) is 4.66. The van der Waals surface area contributed by atoms with Crippen LogP contribution in [0.3, 0.4) is 0 Å². The molecule has 0 aromatic rings. The maximum atomic E-state index is 13.0. The zero-order chi connectivity index (χ0) is 14.0. The third-order valence-electron chi connectivity index (χ3n) is 3.39. The van der Waals surface area contributed by atoms with Crippen LogP contribution in [0.1, 0.15) is 19.3 Å². The first kappa shape index (κ1) is 14.1. The van der Waals surface area contributed by atoms with Crippen molar-refractivity contribution in [3.8, 4) is 0 Å². The number of carbonyl (C=O) groups is 2. The molecular weight excluding hydrogens is 265 g/mol. The van der Waals surface area contributed by atoms with Gasteiger partial charge in [-0.15, -0.1) is 0 Å². The molecule has 2 saturated heterocycles. The maximum Gasteiger partial charge on any atom is 0.416 e. The lowest BCUT2D eigenvalue weighted by Gasteiger charge is -2.29. The van der Waals surface area contributed by atoms with Gasteiger partial charge in [0, 0.05) is 0 Å². The van der Waals surface area contributed by atoms with E-state index in [1.165, 1.54) is 4.90 Å². The van der Waals surface area contributed by atoms with Gasteiger partial charge in [-0.25, -0.2) is 9.69 Å². The average Bonchev–Trinajstić information content (AvgIpc) is 2.94. The Bertz CT molecular complexity index is 367. The van der Waals surface area contributed by atoms with E-state index in [-0.39, 0.29) is 13.2 Å². The van der Waals surface area contributed by atoms with Gasteiger partial charge in [-0.2, -0.15) is 13.2 Å². The topological polar surface area (TPSA) is 49.9 Å². The molecule has 1 atom stereocenters. The molecule has 0 radical (unpaired) electrons. The minimum atomic E-state index is -4.47. The Labute approximate surface area is 108 Å². The zero-order valence-corrected chi connectivity index (χ0v) is 10.3. The van der Waals surface area contributed by atoms with E-state index in [1.54, 1.807) is 0 Å². The summed E-state index contributed by atoms with van der Waals surface area (Å²) < 4.78 is 43.5. The normalized spacial score (nSPS) is 22.7. The largest absolute Gasteiger partial charge is 0.447 e. The molecule has 0 spiro atoms. The standard InChI is InChI=1S/C11H15F3N2O3/c12-11(13,14)8(15-3-1-2-4-15)7-9(17)16-5-6-19-10(16)18/h8H,1-7H2. The van der Waals surface area contributed by atoms with Crippen molar-refractivity contribution in [2.75, 3.05) is 26.2 Å². The molecule has 5 nitrogen and oxygen atoms in total.